The molecule has 1 amide bonds. The summed E-state index contributed by atoms with van der Waals surface area (Å²) < 4.78 is 2.46. The van der Waals surface area contributed by atoms with Gasteiger partial charge in [-0.15, -0.1) is 12.4 Å². The zero-order chi connectivity index (χ0) is 11.3. The Kier molecular flexibility index (Phi) is 7.36. The van der Waals surface area contributed by atoms with E-state index in [1.807, 2.05) is 14.0 Å². The fourth-order valence-corrected chi connectivity index (χ4v) is 1.32. The second-order valence-corrected chi connectivity index (χ2v) is 4.27. The van der Waals surface area contributed by atoms with E-state index in [-0.39, 0.29) is 30.9 Å². The largest absolute Gasteiger partial charge is 0.353 e. The normalized spacial score (nSPS) is 11.7. The molecule has 0 saturated carbocycles. The standard InChI is InChI=1S/C9H15BrN4O.ClH/c1-7(11-2)3-12-9(15)6-14-5-8(10)4-13-14;/h4-5,7,11H,3,6H2,1-2H3,(H,12,15);1H. The molecule has 0 fully saturated rings. The number of amides is 1. The number of hydrogen-bond acceptors (Lipinski definition) is 3. The Morgan fingerprint density at radius 3 is 2.88 bits per heavy atom. The van der Waals surface area contributed by atoms with Gasteiger partial charge in [-0.2, -0.15) is 5.10 Å². The number of carbonyl (C=O) groups excluding carboxylic acids is 1. The third-order valence-electron chi connectivity index (χ3n) is 2.01. The van der Waals surface area contributed by atoms with E-state index in [0.717, 1.165) is 4.47 Å². The highest BCUT2D eigenvalue weighted by atomic mass is 79.9. The van der Waals surface area contributed by atoms with E-state index in [2.05, 4.69) is 31.7 Å². The van der Waals surface area contributed by atoms with Crippen molar-refractivity contribution in [3.05, 3.63) is 16.9 Å². The van der Waals surface area contributed by atoms with Crippen LogP contribution in [0, 0.1) is 0 Å². The van der Waals surface area contributed by atoms with Crippen molar-refractivity contribution < 1.29 is 4.79 Å². The van der Waals surface area contributed by atoms with Crippen molar-refractivity contribution in [2.45, 2.75) is 19.5 Å². The highest BCUT2D eigenvalue weighted by Crippen LogP contribution is 2.05. The average molecular weight is 312 g/mol. The minimum absolute atomic E-state index is 0. The van der Waals surface area contributed by atoms with E-state index in [9.17, 15) is 4.79 Å². The molecule has 92 valence electrons. The molecule has 0 bridgehead atoms. The molecule has 0 radical (unpaired) electrons. The molecule has 1 aromatic rings. The molecule has 0 aliphatic carbocycles. The van der Waals surface area contributed by atoms with Crippen molar-refractivity contribution in [2.75, 3.05) is 13.6 Å². The Balaban J connectivity index is 0.00000225. The van der Waals surface area contributed by atoms with Crippen LogP contribution in [0.25, 0.3) is 0 Å². The molecule has 5 nitrogen and oxygen atoms in total. The van der Waals surface area contributed by atoms with E-state index in [0.29, 0.717) is 6.54 Å². The lowest BCUT2D eigenvalue weighted by molar-refractivity contribution is -0.121. The fourth-order valence-electron chi connectivity index (χ4n) is 0.997. The first-order valence-electron chi connectivity index (χ1n) is 4.73. The van der Waals surface area contributed by atoms with E-state index < -0.39 is 0 Å². The number of rotatable bonds is 5. The van der Waals surface area contributed by atoms with Gasteiger partial charge in [0.15, 0.2) is 0 Å². The summed E-state index contributed by atoms with van der Waals surface area (Å²) in [5.74, 6) is -0.0345. The average Bonchev–Trinajstić information content (AvgIpc) is 2.60. The van der Waals surface area contributed by atoms with Gasteiger partial charge < -0.3 is 10.6 Å². The predicted molar refractivity (Wildman–Crippen MR) is 68.7 cm³/mol. The zero-order valence-corrected chi connectivity index (χ0v) is 11.6. The van der Waals surface area contributed by atoms with Crippen molar-refractivity contribution >= 4 is 34.2 Å². The summed E-state index contributed by atoms with van der Waals surface area (Å²) in [5, 5.41) is 9.85. The first-order chi connectivity index (χ1) is 7.11. The van der Waals surface area contributed by atoms with Crippen molar-refractivity contribution in [1.29, 1.82) is 0 Å². The van der Waals surface area contributed by atoms with Crippen molar-refractivity contribution in [3.63, 3.8) is 0 Å². The Bertz CT molecular complexity index is 331. The van der Waals surface area contributed by atoms with E-state index in [4.69, 9.17) is 0 Å². The summed E-state index contributed by atoms with van der Waals surface area (Å²) in [6.45, 7) is 2.88. The summed E-state index contributed by atoms with van der Waals surface area (Å²) in [5.41, 5.74) is 0. The summed E-state index contributed by atoms with van der Waals surface area (Å²) in [6, 6.07) is 0.276. The highest BCUT2D eigenvalue weighted by molar-refractivity contribution is 9.10. The van der Waals surface area contributed by atoms with Crippen LogP contribution >= 0.6 is 28.3 Å². The van der Waals surface area contributed by atoms with Crippen molar-refractivity contribution in [1.82, 2.24) is 20.4 Å². The van der Waals surface area contributed by atoms with Gasteiger partial charge in [0, 0.05) is 18.8 Å². The van der Waals surface area contributed by atoms with E-state index in [1.165, 1.54) is 0 Å². The number of nitrogens with one attached hydrogen (secondary N) is 2. The topological polar surface area (TPSA) is 58.9 Å². The van der Waals surface area contributed by atoms with Gasteiger partial charge >= 0.3 is 0 Å². The summed E-state index contributed by atoms with van der Waals surface area (Å²) in [7, 11) is 1.86. The first-order valence-corrected chi connectivity index (χ1v) is 5.53. The van der Waals surface area contributed by atoms with Crippen LogP contribution in [0.2, 0.25) is 0 Å². The van der Waals surface area contributed by atoms with E-state index in [1.54, 1.807) is 17.1 Å². The molecule has 1 aromatic heterocycles. The number of aromatic nitrogens is 2. The lowest BCUT2D eigenvalue weighted by atomic mass is 10.3. The third kappa shape index (κ3) is 5.48. The molecule has 1 unspecified atom stereocenters. The molecule has 0 aliphatic rings. The molecule has 7 heteroatoms. The molecule has 1 atom stereocenters. The molecular formula is C9H16BrClN4O. The van der Waals surface area contributed by atoms with Crippen LogP contribution in [0.3, 0.4) is 0 Å². The van der Waals surface area contributed by atoms with Gasteiger partial charge in [0.25, 0.3) is 0 Å². The Labute approximate surface area is 110 Å². The second kappa shape index (κ2) is 7.65. The number of likely N-dealkylation sites (N-methyl/N-ethyl adjacent to an activating group) is 1. The van der Waals surface area contributed by atoms with Crippen LogP contribution in [-0.2, 0) is 11.3 Å². The Hall–Kier alpha value is -0.590. The number of hydrogen-bond donors (Lipinski definition) is 2. The molecule has 0 spiro atoms. The number of carbonyl (C=O) groups is 1. The quantitative estimate of drug-likeness (QED) is 0.845. The van der Waals surface area contributed by atoms with Gasteiger partial charge in [0.05, 0.1) is 10.7 Å². The molecule has 1 rings (SSSR count). The van der Waals surface area contributed by atoms with Crippen LogP contribution in [0.4, 0.5) is 0 Å². The van der Waals surface area contributed by atoms with Gasteiger partial charge in [-0.3, -0.25) is 9.48 Å². The van der Waals surface area contributed by atoms with Crippen LogP contribution in [0.1, 0.15) is 6.92 Å². The monoisotopic (exact) mass is 310 g/mol. The molecule has 0 saturated heterocycles. The van der Waals surface area contributed by atoms with E-state index >= 15 is 0 Å². The predicted octanol–water partition coefficient (Wildman–Crippen LogP) is 0.792. The molecule has 16 heavy (non-hydrogen) atoms. The lowest BCUT2D eigenvalue weighted by Crippen LogP contribution is -2.38. The maximum absolute atomic E-state index is 11.4. The Morgan fingerprint density at radius 2 is 2.38 bits per heavy atom. The van der Waals surface area contributed by atoms with Crippen molar-refractivity contribution in [3.8, 4) is 0 Å². The number of nitrogens with zero attached hydrogens (tertiary/aromatic N) is 2. The van der Waals surface area contributed by atoms with Gasteiger partial charge in [-0.25, -0.2) is 0 Å². The lowest BCUT2D eigenvalue weighted by Gasteiger charge is -2.11. The fraction of sp³-hybridized carbons (Fsp3) is 0.556. The molecule has 0 aromatic carbocycles. The summed E-state index contributed by atoms with van der Waals surface area (Å²) in [4.78, 5) is 11.4. The number of halogens is 2. The van der Waals surface area contributed by atoms with Crippen LogP contribution in [-0.4, -0.2) is 35.3 Å². The van der Waals surface area contributed by atoms with Gasteiger partial charge in [-0.1, -0.05) is 0 Å². The van der Waals surface area contributed by atoms with Gasteiger partial charge in [0.1, 0.15) is 6.54 Å². The third-order valence-corrected chi connectivity index (χ3v) is 2.42. The minimum Gasteiger partial charge on any atom is -0.353 e. The summed E-state index contributed by atoms with van der Waals surface area (Å²) in [6.07, 6.45) is 3.42. The van der Waals surface area contributed by atoms with Gasteiger partial charge in [-0.05, 0) is 29.9 Å². The highest BCUT2D eigenvalue weighted by Gasteiger charge is 2.05. The zero-order valence-electron chi connectivity index (χ0n) is 9.24. The second-order valence-electron chi connectivity index (χ2n) is 3.35. The maximum Gasteiger partial charge on any atom is 0.241 e. The van der Waals surface area contributed by atoms with Gasteiger partial charge in [0.2, 0.25) is 5.91 Å². The molecule has 1 heterocycles. The first kappa shape index (κ1) is 15.4. The smallest absolute Gasteiger partial charge is 0.241 e. The maximum atomic E-state index is 11.4. The molecule has 0 aliphatic heterocycles. The minimum atomic E-state index is -0.0345. The van der Waals surface area contributed by atoms with Crippen LogP contribution in [0.15, 0.2) is 16.9 Å². The van der Waals surface area contributed by atoms with Crippen LogP contribution < -0.4 is 10.6 Å². The molecule has 2 N–H and O–H groups in total. The molecular weight excluding hydrogens is 295 g/mol. The summed E-state index contributed by atoms with van der Waals surface area (Å²) >= 11 is 3.27. The Morgan fingerprint density at radius 1 is 1.69 bits per heavy atom. The van der Waals surface area contributed by atoms with Crippen molar-refractivity contribution in [2.24, 2.45) is 0 Å². The SMILES string of the molecule is CNC(C)CNC(=O)Cn1cc(Br)cn1.Cl. The van der Waals surface area contributed by atoms with Crippen LogP contribution in [0.5, 0.6) is 0 Å².